The van der Waals surface area contributed by atoms with Crippen LogP contribution in [0.25, 0.3) is 0 Å². The van der Waals surface area contributed by atoms with E-state index in [9.17, 15) is 8.76 Å². The summed E-state index contributed by atoms with van der Waals surface area (Å²) in [6, 6.07) is 0.0123. The third-order valence-corrected chi connectivity index (χ3v) is 0.996. The smallest absolute Gasteiger partial charge is 0.0183 e. The van der Waals surface area contributed by atoms with Gasteiger partial charge in [0.05, 0.1) is 0 Å². The molecule has 0 aliphatic carbocycles. The molecule has 0 saturated carbocycles. The number of hydrogen-bond acceptors (Lipinski definition) is 2. The minimum atomic E-state index is -2.10. The Morgan fingerprint density at radius 3 is 2.14 bits per heavy atom. The molecule has 4 heteroatoms. The fraction of sp³-hybridized carbons (Fsp3) is 1.00. The van der Waals surface area contributed by atoms with Gasteiger partial charge in [-0.1, -0.05) is 0 Å². The molecule has 0 bridgehead atoms. The third kappa shape index (κ3) is 6.07. The molecule has 44 valence electrons. The Kier molecular flexibility index (Phi) is 3.15. The summed E-state index contributed by atoms with van der Waals surface area (Å²) < 4.78 is 21.6. The molecule has 0 spiro atoms. The van der Waals surface area contributed by atoms with Crippen LogP contribution in [0.2, 0.25) is 0 Å². The Morgan fingerprint density at radius 1 is 1.71 bits per heavy atom. The van der Waals surface area contributed by atoms with E-state index in [4.69, 9.17) is 0 Å². The number of rotatable bonds is 2. The Balaban J connectivity index is 3.13. The van der Waals surface area contributed by atoms with E-state index < -0.39 is 11.3 Å². The topological polar surface area (TPSA) is 52.2 Å². The second-order valence-electron chi connectivity index (χ2n) is 1.51. The Labute approximate surface area is 45.5 Å². The van der Waals surface area contributed by atoms with E-state index in [1.54, 1.807) is 13.8 Å². The summed E-state index contributed by atoms with van der Waals surface area (Å²) in [4.78, 5) is 0. The molecule has 0 rings (SSSR count). The van der Waals surface area contributed by atoms with Crippen molar-refractivity contribution in [3.8, 4) is 0 Å². The van der Waals surface area contributed by atoms with Gasteiger partial charge in [0.2, 0.25) is 0 Å². The predicted octanol–water partition coefficient (Wildman–Crippen LogP) is -0.221. The van der Waals surface area contributed by atoms with Crippen molar-refractivity contribution in [1.82, 2.24) is 4.72 Å². The summed E-state index contributed by atoms with van der Waals surface area (Å²) in [6.07, 6.45) is 0. The highest BCUT2D eigenvalue weighted by Crippen LogP contribution is 1.74. The van der Waals surface area contributed by atoms with Gasteiger partial charge in [-0.2, -0.15) is 0 Å². The van der Waals surface area contributed by atoms with Gasteiger partial charge < -0.3 is 4.55 Å². The molecule has 0 fully saturated rings. The molecule has 0 aromatic carbocycles. The monoisotopic (exact) mass is 122 g/mol. The molecule has 0 aliphatic rings. The van der Waals surface area contributed by atoms with Crippen LogP contribution in [-0.4, -0.2) is 14.8 Å². The standard InChI is InChI=1S/C3H9NO2S/c1-3(2)4-7(5)6/h3-4H,1-2H3,(H,5,6)/p-1. The maximum Gasteiger partial charge on any atom is 0.0183 e. The van der Waals surface area contributed by atoms with Gasteiger partial charge in [-0.3, -0.25) is 4.21 Å². The summed E-state index contributed by atoms with van der Waals surface area (Å²) in [6.45, 7) is 3.52. The van der Waals surface area contributed by atoms with Crippen LogP contribution < -0.4 is 4.72 Å². The van der Waals surface area contributed by atoms with Crippen molar-refractivity contribution in [1.29, 1.82) is 0 Å². The van der Waals surface area contributed by atoms with Gasteiger partial charge in [-0.25, -0.2) is 4.72 Å². The molecule has 0 aromatic rings. The SMILES string of the molecule is CC(C)NS(=O)[O-]. The first-order valence-corrected chi connectivity index (χ1v) is 3.06. The summed E-state index contributed by atoms with van der Waals surface area (Å²) in [5.41, 5.74) is 0. The lowest BCUT2D eigenvalue weighted by Gasteiger charge is -2.08. The predicted molar refractivity (Wildman–Crippen MR) is 27.2 cm³/mol. The van der Waals surface area contributed by atoms with Gasteiger partial charge in [0, 0.05) is 17.3 Å². The van der Waals surface area contributed by atoms with Crippen LogP contribution >= 0.6 is 0 Å². The minimum Gasteiger partial charge on any atom is -0.760 e. The molecule has 1 N–H and O–H groups in total. The second-order valence-corrected chi connectivity index (χ2v) is 2.21. The molecule has 0 aromatic heterocycles. The molecule has 7 heavy (non-hydrogen) atoms. The van der Waals surface area contributed by atoms with Gasteiger partial charge in [0.1, 0.15) is 0 Å². The highest BCUT2D eigenvalue weighted by molar-refractivity contribution is 7.77. The van der Waals surface area contributed by atoms with Crippen LogP contribution in [0.4, 0.5) is 0 Å². The van der Waals surface area contributed by atoms with Gasteiger partial charge in [0.25, 0.3) is 0 Å². The normalized spacial score (nSPS) is 14.9. The van der Waals surface area contributed by atoms with Gasteiger partial charge >= 0.3 is 0 Å². The lowest BCUT2D eigenvalue weighted by molar-refractivity contribution is 0.514. The molecule has 0 radical (unpaired) electrons. The minimum absolute atomic E-state index is 0.0123. The first-order chi connectivity index (χ1) is 3.13. The molecule has 0 saturated heterocycles. The fourth-order valence-electron chi connectivity index (χ4n) is 0.192. The first-order valence-electron chi connectivity index (χ1n) is 1.98. The Bertz CT molecular complexity index is 73.3. The van der Waals surface area contributed by atoms with Crippen LogP contribution in [0, 0.1) is 0 Å². The van der Waals surface area contributed by atoms with Gasteiger partial charge in [-0.15, -0.1) is 0 Å². The maximum atomic E-state index is 9.70. The molecule has 1 unspecified atom stereocenters. The van der Waals surface area contributed by atoms with E-state index in [1.165, 1.54) is 0 Å². The summed E-state index contributed by atoms with van der Waals surface area (Å²) >= 11 is -2.10. The molecular formula is C3H8NO2S-. The van der Waals surface area contributed by atoms with Crippen molar-refractivity contribution in [2.24, 2.45) is 0 Å². The lowest BCUT2D eigenvalue weighted by atomic mass is 10.4. The van der Waals surface area contributed by atoms with E-state index in [0.29, 0.717) is 0 Å². The zero-order valence-corrected chi connectivity index (χ0v) is 5.12. The molecule has 0 heterocycles. The van der Waals surface area contributed by atoms with Crippen molar-refractivity contribution in [3.63, 3.8) is 0 Å². The molecule has 1 atom stereocenters. The average Bonchev–Trinajstić information content (AvgIpc) is 1.27. The van der Waals surface area contributed by atoms with Crippen molar-refractivity contribution in [2.45, 2.75) is 19.9 Å². The summed E-state index contributed by atoms with van der Waals surface area (Å²) in [5.74, 6) is 0. The van der Waals surface area contributed by atoms with Crippen molar-refractivity contribution < 1.29 is 8.76 Å². The van der Waals surface area contributed by atoms with E-state index in [0.717, 1.165) is 0 Å². The van der Waals surface area contributed by atoms with Crippen LogP contribution in [0.5, 0.6) is 0 Å². The van der Waals surface area contributed by atoms with Crippen molar-refractivity contribution in [2.75, 3.05) is 0 Å². The fourth-order valence-corrected chi connectivity index (χ4v) is 0.577. The average molecular weight is 122 g/mol. The van der Waals surface area contributed by atoms with Crippen molar-refractivity contribution >= 4 is 11.3 Å². The second kappa shape index (κ2) is 3.12. The highest BCUT2D eigenvalue weighted by Gasteiger charge is 1.85. The van der Waals surface area contributed by atoms with Crippen LogP contribution in [0.3, 0.4) is 0 Å². The van der Waals surface area contributed by atoms with Gasteiger partial charge in [-0.05, 0) is 13.8 Å². The molecular weight excluding hydrogens is 114 g/mol. The number of hydrogen-bond donors (Lipinski definition) is 1. The Hall–Kier alpha value is 0.0700. The van der Waals surface area contributed by atoms with Crippen LogP contribution in [0.1, 0.15) is 13.8 Å². The quantitative estimate of drug-likeness (QED) is 0.515. The molecule has 3 nitrogen and oxygen atoms in total. The van der Waals surface area contributed by atoms with E-state index in [2.05, 4.69) is 4.72 Å². The van der Waals surface area contributed by atoms with E-state index >= 15 is 0 Å². The lowest BCUT2D eigenvalue weighted by Crippen LogP contribution is -2.24. The van der Waals surface area contributed by atoms with Crippen molar-refractivity contribution in [3.05, 3.63) is 0 Å². The highest BCUT2D eigenvalue weighted by atomic mass is 32.2. The van der Waals surface area contributed by atoms with Gasteiger partial charge in [0.15, 0.2) is 0 Å². The van der Waals surface area contributed by atoms with Crippen LogP contribution in [-0.2, 0) is 11.3 Å². The molecule has 0 aliphatic heterocycles. The summed E-state index contributed by atoms with van der Waals surface area (Å²) in [5, 5.41) is 0. The zero-order valence-electron chi connectivity index (χ0n) is 4.30. The van der Waals surface area contributed by atoms with E-state index in [1.807, 2.05) is 0 Å². The third-order valence-electron chi connectivity index (χ3n) is 0.332. The molecule has 0 amide bonds. The number of nitrogens with one attached hydrogen (secondary N) is 1. The van der Waals surface area contributed by atoms with Crippen LogP contribution in [0.15, 0.2) is 0 Å². The zero-order chi connectivity index (χ0) is 5.86. The largest absolute Gasteiger partial charge is 0.760 e. The summed E-state index contributed by atoms with van der Waals surface area (Å²) in [7, 11) is 0. The van der Waals surface area contributed by atoms with E-state index in [-0.39, 0.29) is 6.04 Å². The maximum absolute atomic E-state index is 9.70. The Morgan fingerprint density at radius 2 is 2.14 bits per heavy atom. The first kappa shape index (κ1) is 7.07.